The Kier molecular flexibility index (Phi) is 4.72. The van der Waals surface area contributed by atoms with Gasteiger partial charge in [-0.3, -0.25) is 0 Å². The molecule has 1 aliphatic rings. The van der Waals surface area contributed by atoms with Gasteiger partial charge in [0.15, 0.2) is 23.0 Å². The van der Waals surface area contributed by atoms with Gasteiger partial charge < -0.3 is 18.9 Å². The molecule has 1 aromatic heterocycles. The van der Waals surface area contributed by atoms with Gasteiger partial charge in [0, 0.05) is 5.56 Å². The van der Waals surface area contributed by atoms with Crippen molar-refractivity contribution in [2.24, 2.45) is 0 Å². The monoisotopic (exact) mass is 388 g/mol. The van der Waals surface area contributed by atoms with Crippen LogP contribution in [-0.4, -0.2) is 47.6 Å². The molecule has 2 aromatic carbocycles. The highest BCUT2D eigenvalue weighted by Gasteiger charge is 2.17. The number of nitrogens with zero attached hydrogens (tertiary/aromatic N) is 4. The molecule has 8 nitrogen and oxygen atoms in total. The van der Waals surface area contributed by atoms with Gasteiger partial charge in [-0.25, -0.2) is 0 Å². The van der Waals surface area contributed by atoms with E-state index in [0.717, 1.165) is 11.1 Å². The molecular formula is C18H17ClN4O4. The van der Waals surface area contributed by atoms with Crippen LogP contribution in [0.5, 0.6) is 23.0 Å². The summed E-state index contributed by atoms with van der Waals surface area (Å²) < 4.78 is 21.7. The molecular weight excluding hydrogens is 372 g/mol. The maximum Gasteiger partial charge on any atom is 0.205 e. The third-order valence-corrected chi connectivity index (χ3v) is 4.36. The topological polar surface area (TPSA) is 80.5 Å². The first-order valence-electron chi connectivity index (χ1n) is 8.26. The van der Waals surface area contributed by atoms with Crippen LogP contribution in [-0.2, 0) is 6.54 Å². The minimum Gasteiger partial charge on any atom is -0.493 e. The molecule has 0 N–H and O–H groups in total. The van der Waals surface area contributed by atoms with E-state index in [-0.39, 0.29) is 0 Å². The fourth-order valence-corrected chi connectivity index (χ4v) is 3.11. The van der Waals surface area contributed by atoms with Crippen LogP contribution < -0.4 is 18.9 Å². The van der Waals surface area contributed by atoms with Crippen molar-refractivity contribution >= 4 is 11.6 Å². The van der Waals surface area contributed by atoms with Crippen molar-refractivity contribution in [2.45, 2.75) is 6.54 Å². The molecule has 1 aliphatic heterocycles. The summed E-state index contributed by atoms with van der Waals surface area (Å²) >= 11 is 6.28. The van der Waals surface area contributed by atoms with Crippen LogP contribution in [0.15, 0.2) is 30.3 Å². The van der Waals surface area contributed by atoms with Gasteiger partial charge in [0.1, 0.15) is 13.2 Å². The largest absolute Gasteiger partial charge is 0.493 e. The number of ether oxygens (including phenoxy) is 4. The summed E-state index contributed by atoms with van der Waals surface area (Å²) in [6, 6.07) is 9.15. The summed E-state index contributed by atoms with van der Waals surface area (Å²) in [7, 11) is 3.17. The van der Waals surface area contributed by atoms with Crippen molar-refractivity contribution in [3.8, 4) is 34.4 Å². The Hall–Kier alpha value is -3.00. The molecule has 0 saturated carbocycles. The van der Waals surface area contributed by atoms with E-state index in [2.05, 4.69) is 15.4 Å². The van der Waals surface area contributed by atoms with Gasteiger partial charge in [0.2, 0.25) is 5.82 Å². The second kappa shape index (κ2) is 7.32. The Morgan fingerprint density at radius 1 is 1.07 bits per heavy atom. The highest BCUT2D eigenvalue weighted by Crippen LogP contribution is 2.38. The summed E-state index contributed by atoms with van der Waals surface area (Å²) in [5.74, 6) is 2.93. The standard InChI is InChI=1S/C18H17ClN4O4/c1-24-14-4-3-12(9-15(14)25-2)18-20-22-23(21-18)10-11-7-13(19)17-16(8-11)26-5-6-27-17/h3-4,7-9H,5-6,10H2,1-2H3. The molecule has 0 fully saturated rings. The zero-order chi connectivity index (χ0) is 18.8. The summed E-state index contributed by atoms with van der Waals surface area (Å²) in [4.78, 5) is 1.49. The Morgan fingerprint density at radius 3 is 2.70 bits per heavy atom. The Bertz CT molecular complexity index is 976. The van der Waals surface area contributed by atoms with E-state index >= 15 is 0 Å². The molecule has 0 bridgehead atoms. The van der Waals surface area contributed by atoms with Gasteiger partial charge >= 0.3 is 0 Å². The molecule has 0 atom stereocenters. The zero-order valence-electron chi connectivity index (χ0n) is 14.8. The van der Waals surface area contributed by atoms with Gasteiger partial charge in [0.25, 0.3) is 0 Å². The predicted octanol–water partition coefficient (Wildman–Crippen LogP) is 2.83. The van der Waals surface area contributed by atoms with Gasteiger partial charge in [-0.15, -0.1) is 10.2 Å². The van der Waals surface area contributed by atoms with E-state index in [4.69, 9.17) is 30.5 Å². The number of aromatic nitrogens is 4. The lowest BCUT2D eigenvalue weighted by Crippen LogP contribution is -2.16. The number of fused-ring (bicyclic) bond motifs is 1. The van der Waals surface area contributed by atoms with Crippen LogP contribution in [0.25, 0.3) is 11.4 Å². The van der Waals surface area contributed by atoms with Crippen molar-refractivity contribution in [3.63, 3.8) is 0 Å². The van der Waals surface area contributed by atoms with E-state index in [1.165, 1.54) is 4.80 Å². The van der Waals surface area contributed by atoms with Crippen LogP contribution in [0, 0.1) is 0 Å². The Morgan fingerprint density at radius 2 is 1.89 bits per heavy atom. The minimum atomic E-state index is 0.399. The van der Waals surface area contributed by atoms with Crippen LogP contribution >= 0.6 is 11.6 Å². The molecule has 3 aromatic rings. The van der Waals surface area contributed by atoms with Crippen molar-refractivity contribution in [2.75, 3.05) is 27.4 Å². The average molecular weight is 389 g/mol. The van der Waals surface area contributed by atoms with E-state index in [1.54, 1.807) is 26.4 Å². The highest BCUT2D eigenvalue weighted by molar-refractivity contribution is 6.32. The van der Waals surface area contributed by atoms with Crippen LogP contribution in [0.2, 0.25) is 5.02 Å². The number of hydrogen-bond acceptors (Lipinski definition) is 7. The number of benzene rings is 2. The number of tetrazole rings is 1. The summed E-state index contributed by atoms with van der Waals surface area (Å²) in [6.07, 6.45) is 0. The predicted molar refractivity (Wildman–Crippen MR) is 97.9 cm³/mol. The van der Waals surface area contributed by atoms with Crippen molar-refractivity contribution in [1.29, 1.82) is 0 Å². The lowest BCUT2D eigenvalue weighted by atomic mass is 10.2. The van der Waals surface area contributed by atoms with Gasteiger partial charge in [-0.2, -0.15) is 4.80 Å². The Labute approximate surface area is 160 Å². The number of methoxy groups -OCH3 is 2. The SMILES string of the molecule is COc1ccc(-c2nnn(Cc3cc(Cl)c4c(c3)OCCO4)n2)cc1OC. The molecule has 0 spiro atoms. The fourth-order valence-electron chi connectivity index (χ4n) is 2.82. The smallest absolute Gasteiger partial charge is 0.205 e. The third kappa shape index (κ3) is 3.48. The highest BCUT2D eigenvalue weighted by atomic mass is 35.5. The second-order valence-electron chi connectivity index (χ2n) is 5.82. The molecule has 27 heavy (non-hydrogen) atoms. The maximum atomic E-state index is 6.28. The lowest BCUT2D eigenvalue weighted by Gasteiger charge is -2.20. The van der Waals surface area contributed by atoms with Gasteiger partial charge in [-0.1, -0.05) is 11.6 Å². The summed E-state index contributed by atoms with van der Waals surface area (Å²) in [5.41, 5.74) is 1.67. The van der Waals surface area contributed by atoms with Gasteiger partial charge in [-0.05, 0) is 41.1 Å². The van der Waals surface area contributed by atoms with E-state index in [9.17, 15) is 0 Å². The molecule has 4 rings (SSSR count). The molecule has 0 amide bonds. The third-order valence-electron chi connectivity index (χ3n) is 4.08. The molecule has 0 saturated heterocycles. The van der Waals surface area contributed by atoms with E-state index in [1.807, 2.05) is 18.2 Å². The van der Waals surface area contributed by atoms with Crippen LogP contribution in [0.4, 0.5) is 0 Å². The first-order valence-corrected chi connectivity index (χ1v) is 8.64. The van der Waals surface area contributed by atoms with Crippen molar-refractivity contribution in [1.82, 2.24) is 20.2 Å². The molecule has 0 radical (unpaired) electrons. The lowest BCUT2D eigenvalue weighted by molar-refractivity contribution is 0.171. The quantitative estimate of drug-likeness (QED) is 0.664. The number of rotatable bonds is 5. The molecule has 0 aliphatic carbocycles. The molecule has 0 unspecified atom stereocenters. The summed E-state index contributed by atoms with van der Waals surface area (Å²) in [6.45, 7) is 1.39. The normalized spacial score (nSPS) is 12.7. The maximum absolute atomic E-state index is 6.28. The first kappa shape index (κ1) is 17.4. The second-order valence-corrected chi connectivity index (χ2v) is 6.22. The molecule has 140 valence electrons. The molecule has 9 heteroatoms. The Balaban J connectivity index is 1.58. The van der Waals surface area contributed by atoms with Crippen LogP contribution in [0.1, 0.15) is 5.56 Å². The van der Waals surface area contributed by atoms with E-state index < -0.39 is 0 Å². The fraction of sp³-hybridized carbons (Fsp3) is 0.278. The number of halogens is 1. The van der Waals surface area contributed by atoms with Gasteiger partial charge in [0.05, 0.1) is 25.8 Å². The zero-order valence-corrected chi connectivity index (χ0v) is 15.6. The number of hydrogen-bond donors (Lipinski definition) is 0. The van der Waals surface area contributed by atoms with E-state index in [0.29, 0.717) is 53.6 Å². The average Bonchev–Trinajstić information content (AvgIpc) is 3.16. The van der Waals surface area contributed by atoms with Crippen molar-refractivity contribution in [3.05, 3.63) is 40.9 Å². The summed E-state index contributed by atoms with van der Waals surface area (Å²) in [5, 5.41) is 13.2. The molecule has 2 heterocycles. The minimum absolute atomic E-state index is 0.399. The van der Waals surface area contributed by atoms with Crippen LogP contribution in [0.3, 0.4) is 0 Å². The van der Waals surface area contributed by atoms with Crippen molar-refractivity contribution < 1.29 is 18.9 Å². The first-order chi connectivity index (χ1) is 13.2.